The molecule has 0 aromatic carbocycles. The first kappa shape index (κ1) is 31.5. The van der Waals surface area contributed by atoms with Gasteiger partial charge in [0.15, 0.2) is 0 Å². The fourth-order valence-corrected chi connectivity index (χ4v) is 1.38. The van der Waals surface area contributed by atoms with Gasteiger partial charge in [-0.2, -0.15) is 0 Å². The fraction of sp³-hybridized carbons (Fsp3) is 1.00. The van der Waals surface area contributed by atoms with Crippen molar-refractivity contribution in [1.29, 1.82) is 0 Å². The van der Waals surface area contributed by atoms with Crippen LogP contribution >= 0.6 is 13.4 Å². The van der Waals surface area contributed by atoms with Gasteiger partial charge in [-0.1, -0.05) is 71.6 Å². The van der Waals surface area contributed by atoms with Crippen molar-refractivity contribution in [3.63, 3.8) is 0 Å². The van der Waals surface area contributed by atoms with Crippen molar-refractivity contribution in [3.05, 3.63) is 0 Å². The molecule has 0 rings (SSSR count). The molecule has 22 heavy (non-hydrogen) atoms. The van der Waals surface area contributed by atoms with Gasteiger partial charge in [-0.25, -0.2) is 0 Å². The minimum Gasteiger partial charge on any atom is -0.325 e. The Kier molecular flexibility index (Phi) is 29.6. The third-order valence-electron chi connectivity index (χ3n) is 2.21. The van der Waals surface area contributed by atoms with Crippen LogP contribution in [0.3, 0.4) is 0 Å². The Bertz CT molecular complexity index is 254. The van der Waals surface area contributed by atoms with Crippen LogP contribution < -0.4 is 0 Å². The molecular weight excluding hydrogens is 420 g/mol. The standard InChI is InChI=1S/C11H24.2H3O3PS.Zn/c1-3-5-7-9-11-10-8-6-4-2;2*1-4(2,3)5;/h3-11H2,1-2H3;2*(H3,1,2,3,5);. The Balaban J connectivity index is -0.000000124. The van der Waals surface area contributed by atoms with E-state index in [1.165, 1.54) is 57.8 Å². The second kappa shape index (κ2) is 20.7. The molecule has 0 aromatic heterocycles. The Morgan fingerprint density at radius 2 is 0.682 bits per heavy atom. The van der Waals surface area contributed by atoms with Crippen molar-refractivity contribution in [3.8, 4) is 0 Å². The number of unbranched alkanes of at least 4 members (excludes halogenated alkanes) is 8. The summed E-state index contributed by atoms with van der Waals surface area (Å²) < 4.78 is 0. The summed E-state index contributed by atoms with van der Waals surface area (Å²) in [5, 5.41) is 0. The van der Waals surface area contributed by atoms with Crippen molar-refractivity contribution < 1.29 is 48.8 Å². The summed E-state index contributed by atoms with van der Waals surface area (Å²) in [5.41, 5.74) is 0. The third-order valence-corrected chi connectivity index (χ3v) is 2.21. The van der Waals surface area contributed by atoms with E-state index < -0.39 is 13.4 Å². The van der Waals surface area contributed by atoms with E-state index in [1.807, 2.05) is 0 Å². The van der Waals surface area contributed by atoms with Crippen molar-refractivity contribution in [2.75, 3.05) is 0 Å². The molecule has 0 unspecified atom stereocenters. The van der Waals surface area contributed by atoms with Crippen molar-refractivity contribution in [2.24, 2.45) is 0 Å². The van der Waals surface area contributed by atoms with Crippen LogP contribution in [0.1, 0.15) is 71.6 Å². The van der Waals surface area contributed by atoms with Crippen LogP contribution in [0.5, 0.6) is 0 Å². The van der Waals surface area contributed by atoms with E-state index in [4.69, 9.17) is 29.4 Å². The molecule has 0 amide bonds. The van der Waals surface area contributed by atoms with E-state index in [1.54, 1.807) is 0 Å². The van der Waals surface area contributed by atoms with Crippen molar-refractivity contribution in [2.45, 2.75) is 71.6 Å². The smallest absolute Gasteiger partial charge is 0.319 e. The molecule has 0 radical (unpaired) electrons. The Morgan fingerprint density at radius 1 is 0.545 bits per heavy atom. The summed E-state index contributed by atoms with van der Waals surface area (Å²) in [4.78, 5) is 45.3. The molecule has 0 atom stereocenters. The second-order valence-corrected chi connectivity index (χ2v) is 9.49. The second-order valence-electron chi connectivity index (χ2n) is 4.50. The van der Waals surface area contributed by atoms with Crippen LogP contribution in [0.15, 0.2) is 0 Å². The molecule has 0 aliphatic carbocycles. The van der Waals surface area contributed by atoms with Crippen LogP contribution in [0.2, 0.25) is 0 Å². The first-order chi connectivity index (χ1) is 9.41. The Morgan fingerprint density at radius 3 is 0.818 bits per heavy atom. The first-order valence-electron chi connectivity index (χ1n) is 6.98. The van der Waals surface area contributed by atoms with Gasteiger partial charge in [0.05, 0.1) is 0 Å². The Hall–Kier alpha value is 1.68. The van der Waals surface area contributed by atoms with Crippen LogP contribution in [0, 0.1) is 0 Å². The van der Waals surface area contributed by atoms with Crippen LogP contribution in [-0.4, -0.2) is 29.4 Å². The van der Waals surface area contributed by atoms with E-state index in [0.29, 0.717) is 0 Å². The van der Waals surface area contributed by atoms with Gasteiger partial charge in [0.2, 0.25) is 0 Å². The molecule has 0 saturated carbocycles. The molecule has 0 bridgehead atoms. The normalized spacial score (nSPS) is 10.5. The summed E-state index contributed by atoms with van der Waals surface area (Å²) in [6, 6.07) is 0. The van der Waals surface area contributed by atoms with E-state index in [0.717, 1.165) is 0 Å². The van der Waals surface area contributed by atoms with E-state index in [-0.39, 0.29) is 19.5 Å². The molecule has 0 aliphatic heterocycles. The molecule has 11 heteroatoms. The molecule has 134 valence electrons. The Labute approximate surface area is 157 Å². The zero-order valence-electron chi connectivity index (χ0n) is 13.5. The first-order valence-corrected chi connectivity index (χ1v) is 12.3. The van der Waals surface area contributed by atoms with E-state index in [9.17, 15) is 0 Å². The summed E-state index contributed by atoms with van der Waals surface area (Å²) in [7, 11) is 0. The zero-order valence-corrected chi connectivity index (χ0v) is 19.9. The van der Waals surface area contributed by atoms with Gasteiger partial charge < -0.3 is 29.4 Å². The average Bonchev–Trinajstić information content (AvgIpc) is 2.23. The zero-order chi connectivity index (χ0) is 17.4. The van der Waals surface area contributed by atoms with Crippen molar-refractivity contribution >= 4 is 37.1 Å². The maximum Gasteiger partial charge on any atom is 0.319 e. The van der Waals surface area contributed by atoms with Crippen LogP contribution in [0.4, 0.5) is 0 Å². The summed E-state index contributed by atoms with van der Waals surface area (Å²) in [5.74, 6) is 0. The predicted molar refractivity (Wildman–Crippen MR) is 94.8 cm³/mol. The number of hydrogen-bond acceptors (Lipinski definition) is 2. The van der Waals surface area contributed by atoms with Crippen molar-refractivity contribution in [1.82, 2.24) is 0 Å². The molecule has 0 aliphatic rings. The van der Waals surface area contributed by atoms with Crippen LogP contribution in [0.25, 0.3) is 0 Å². The topological polar surface area (TPSA) is 121 Å². The molecule has 0 heterocycles. The predicted octanol–water partition coefficient (Wildman–Crippen LogP) is 2.91. The molecule has 0 spiro atoms. The third kappa shape index (κ3) is 98.9. The van der Waals surface area contributed by atoms with Gasteiger partial charge >= 0.3 is 13.4 Å². The van der Waals surface area contributed by atoms with Gasteiger partial charge in [-0.3, -0.25) is 0 Å². The molecule has 6 N–H and O–H groups in total. The summed E-state index contributed by atoms with van der Waals surface area (Å²) in [6.45, 7) is -3.06. The van der Waals surface area contributed by atoms with Gasteiger partial charge in [0.25, 0.3) is 0 Å². The average molecular weight is 450 g/mol. The molecule has 0 saturated heterocycles. The van der Waals surface area contributed by atoms with Gasteiger partial charge in [-0.05, 0) is 23.6 Å². The number of rotatable bonds is 8. The van der Waals surface area contributed by atoms with E-state index >= 15 is 0 Å². The minimum absolute atomic E-state index is 0. The molecule has 0 aromatic rings. The van der Waals surface area contributed by atoms with E-state index in [2.05, 4.69) is 37.5 Å². The molecular formula is C11H30O6P2S2Zn. The fourth-order valence-electron chi connectivity index (χ4n) is 1.38. The largest absolute Gasteiger partial charge is 0.325 e. The minimum atomic E-state index is -3.81. The van der Waals surface area contributed by atoms with Gasteiger partial charge in [-0.15, -0.1) is 0 Å². The SMILES string of the molecule is CCCCCCCCCCC.OP(O)(O)=S.OP(O)(O)=S.[Zn]. The maximum absolute atomic E-state index is 7.56. The molecule has 0 fully saturated rings. The summed E-state index contributed by atoms with van der Waals surface area (Å²) >= 11 is 7.21. The van der Waals surface area contributed by atoms with Crippen LogP contribution in [-0.2, 0) is 43.1 Å². The monoisotopic (exact) mass is 448 g/mol. The van der Waals surface area contributed by atoms with Gasteiger partial charge in [0.1, 0.15) is 0 Å². The maximum atomic E-state index is 7.56. The number of hydrogen-bond donors (Lipinski definition) is 6. The molecule has 6 nitrogen and oxygen atoms in total. The van der Waals surface area contributed by atoms with Gasteiger partial charge in [0, 0.05) is 19.5 Å². The quantitative estimate of drug-likeness (QED) is 0.190. The summed E-state index contributed by atoms with van der Waals surface area (Å²) in [6.07, 6.45) is 13.0.